The molecule has 0 radical (unpaired) electrons. The van der Waals surface area contributed by atoms with E-state index in [4.69, 9.17) is 17.3 Å². The van der Waals surface area contributed by atoms with Crippen molar-refractivity contribution in [2.24, 2.45) is 0 Å². The molecule has 1 saturated heterocycles. The Morgan fingerprint density at radius 2 is 2.11 bits per heavy atom. The van der Waals surface area contributed by atoms with Crippen LogP contribution in [0.15, 0.2) is 29.6 Å². The van der Waals surface area contributed by atoms with E-state index in [0.717, 1.165) is 23.7 Å². The summed E-state index contributed by atoms with van der Waals surface area (Å²) >= 11 is 7.44. The lowest BCUT2D eigenvalue weighted by molar-refractivity contribution is 0.701. The third-order valence-corrected chi connectivity index (χ3v) is 4.24. The van der Waals surface area contributed by atoms with Crippen molar-refractivity contribution >= 4 is 33.8 Å². The monoisotopic (exact) mass is 279 g/mol. The smallest absolute Gasteiger partial charge is 0.180 e. The zero-order valence-electron chi connectivity index (χ0n) is 9.84. The highest BCUT2D eigenvalue weighted by Crippen LogP contribution is 2.36. The predicted molar refractivity (Wildman–Crippen MR) is 77.3 cm³/mol. The molecular weight excluding hydrogens is 266 g/mol. The van der Waals surface area contributed by atoms with Gasteiger partial charge in [-0.15, -0.1) is 11.3 Å². The second kappa shape index (κ2) is 4.78. The number of benzene rings is 1. The fraction of sp³-hybridized carbons (Fsp3) is 0.308. The number of hydrogen-bond acceptors (Lipinski definition) is 4. The number of aromatic nitrogens is 1. The van der Waals surface area contributed by atoms with Gasteiger partial charge >= 0.3 is 0 Å². The van der Waals surface area contributed by atoms with Crippen LogP contribution in [0.1, 0.15) is 24.6 Å². The van der Waals surface area contributed by atoms with Crippen molar-refractivity contribution in [1.29, 1.82) is 0 Å². The molecule has 0 spiro atoms. The first-order chi connectivity index (χ1) is 8.74. The van der Waals surface area contributed by atoms with Crippen LogP contribution in [0.4, 0.5) is 10.8 Å². The number of halogens is 1. The first-order valence-corrected chi connectivity index (χ1v) is 7.23. The molecule has 1 fully saturated rings. The third-order valence-electron chi connectivity index (χ3n) is 3.29. The molecule has 2 N–H and O–H groups in total. The van der Waals surface area contributed by atoms with E-state index in [0.29, 0.717) is 11.2 Å². The molecular formula is C13H14ClN3S. The molecule has 5 heteroatoms. The van der Waals surface area contributed by atoms with Crippen LogP contribution < -0.4 is 10.6 Å². The summed E-state index contributed by atoms with van der Waals surface area (Å²) in [5.74, 6) is 0. The topological polar surface area (TPSA) is 42.1 Å². The highest BCUT2D eigenvalue weighted by molar-refractivity contribution is 7.13. The van der Waals surface area contributed by atoms with Crippen LogP contribution in [0.2, 0.25) is 5.02 Å². The Hall–Kier alpha value is -1.26. The van der Waals surface area contributed by atoms with Gasteiger partial charge in [0.1, 0.15) is 0 Å². The van der Waals surface area contributed by atoms with Gasteiger partial charge in [0.05, 0.1) is 11.7 Å². The lowest BCUT2D eigenvalue weighted by Crippen LogP contribution is -2.22. The van der Waals surface area contributed by atoms with Crippen LogP contribution in [-0.4, -0.2) is 11.5 Å². The highest BCUT2D eigenvalue weighted by Gasteiger charge is 2.27. The summed E-state index contributed by atoms with van der Waals surface area (Å²) in [5.41, 5.74) is 8.01. The Morgan fingerprint density at radius 3 is 2.78 bits per heavy atom. The maximum atomic E-state index is 5.93. The van der Waals surface area contributed by atoms with E-state index in [1.165, 1.54) is 23.4 Å². The van der Waals surface area contributed by atoms with Gasteiger partial charge in [0.2, 0.25) is 0 Å². The third kappa shape index (κ3) is 2.18. The Labute approximate surface area is 115 Å². The lowest BCUT2D eigenvalue weighted by Gasteiger charge is -2.25. The van der Waals surface area contributed by atoms with E-state index >= 15 is 0 Å². The van der Waals surface area contributed by atoms with Gasteiger partial charge in [0, 0.05) is 22.6 Å². The highest BCUT2D eigenvalue weighted by atomic mass is 35.5. The molecule has 2 heterocycles. The van der Waals surface area contributed by atoms with Gasteiger partial charge in [-0.3, -0.25) is 0 Å². The average Bonchev–Trinajstić information content (AvgIpc) is 2.98. The predicted octanol–water partition coefficient (Wildman–Crippen LogP) is 3.72. The summed E-state index contributed by atoms with van der Waals surface area (Å²) in [4.78, 5) is 6.79. The zero-order valence-corrected chi connectivity index (χ0v) is 11.4. The number of hydrogen-bond donors (Lipinski definition) is 1. The van der Waals surface area contributed by atoms with Gasteiger partial charge in [-0.05, 0) is 37.1 Å². The van der Waals surface area contributed by atoms with Crippen molar-refractivity contribution in [3.8, 4) is 0 Å². The summed E-state index contributed by atoms with van der Waals surface area (Å²) < 4.78 is 0. The Morgan fingerprint density at radius 1 is 1.33 bits per heavy atom. The number of anilines is 2. The Balaban J connectivity index is 1.89. The standard InChI is InChI=1S/C13H14ClN3S/c14-9-3-5-10(6-4-9)17-7-1-2-12(17)11-8-18-13(15)16-11/h3-6,8,12H,1-2,7H2,(H2,15,16)/t12-/m1/s1. The van der Waals surface area contributed by atoms with Gasteiger partial charge in [0.15, 0.2) is 5.13 Å². The summed E-state index contributed by atoms with van der Waals surface area (Å²) in [6, 6.07) is 8.34. The molecule has 18 heavy (non-hydrogen) atoms. The summed E-state index contributed by atoms with van der Waals surface area (Å²) in [6.45, 7) is 1.06. The van der Waals surface area contributed by atoms with Gasteiger partial charge in [0.25, 0.3) is 0 Å². The first-order valence-electron chi connectivity index (χ1n) is 5.97. The zero-order chi connectivity index (χ0) is 12.5. The van der Waals surface area contributed by atoms with E-state index in [1.807, 2.05) is 12.1 Å². The van der Waals surface area contributed by atoms with E-state index in [1.54, 1.807) is 0 Å². The van der Waals surface area contributed by atoms with Crippen molar-refractivity contribution in [3.63, 3.8) is 0 Å². The summed E-state index contributed by atoms with van der Waals surface area (Å²) in [6.07, 6.45) is 2.32. The van der Waals surface area contributed by atoms with Crippen LogP contribution in [0, 0.1) is 0 Å². The molecule has 3 nitrogen and oxygen atoms in total. The fourth-order valence-electron chi connectivity index (χ4n) is 2.47. The molecule has 3 rings (SSSR count). The number of nitrogen functional groups attached to an aromatic ring is 1. The molecule has 1 aromatic heterocycles. The lowest BCUT2D eigenvalue weighted by atomic mass is 10.1. The normalized spacial score (nSPS) is 19.4. The molecule has 2 aromatic rings. The van der Waals surface area contributed by atoms with Crippen molar-refractivity contribution < 1.29 is 0 Å². The molecule has 0 bridgehead atoms. The molecule has 1 aliphatic rings. The quantitative estimate of drug-likeness (QED) is 0.911. The SMILES string of the molecule is Nc1nc([C@H]2CCCN2c2ccc(Cl)cc2)cs1. The molecule has 0 aliphatic carbocycles. The van der Waals surface area contributed by atoms with Gasteiger partial charge in [-0.1, -0.05) is 11.6 Å². The van der Waals surface area contributed by atoms with Crippen molar-refractivity contribution in [3.05, 3.63) is 40.4 Å². The van der Waals surface area contributed by atoms with Crippen molar-refractivity contribution in [1.82, 2.24) is 4.98 Å². The molecule has 0 saturated carbocycles. The number of rotatable bonds is 2. The Bertz CT molecular complexity index is 537. The summed E-state index contributed by atoms with van der Waals surface area (Å²) in [7, 11) is 0. The van der Waals surface area contributed by atoms with E-state index < -0.39 is 0 Å². The maximum Gasteiger partial charge on any atom is 0.180 e. The van der Waals surface area contributed by atoms with Crippen molar-refractivity contribution in [2.75, 3.05) is 17.2 Å². The molecule has 0 unspecified atom stereocenters. The maximum absolute atomic E-state index is 5.93. The van der Waals surface area contributed by atoms with Crippen LogP contribution in [0.5, 0.6) is 0 Å². The van der Waals surface area contributed by atoms with E-state index in [9.17, 15) is 0 Å². The molecule has 94 valence electrons. The summed E-state index contributed by atoms with van der Waals surface area (Å²) in [5, 5.41) is 3.48. The fourth-order valence-corrected chi connectivity index (χ4v) is 3.20. The second-order valence-electron chi connectivity index (χ2n) is 4.44. The molecule has 1 aliphatic heterocycles. The minimum absolute atomic E-state index is 0.347. The van der Waals surface area contributed by atoms with Crippen LogP contribution in [0.3, 0.4) is 0 Å². The molecule has 0 amide bonds. The minimum atomic E-state index is 0.347. The van der Waals surface area contributed by atoms with Gasteiger partial charge < -0.3 is 10.6 Å². The van der Waals surface area contributed by atoms with Crippen LogP contribution >= 0.6 is 22.9 Å². The average molecular weight is 280 g/mol. The Kier molecular flexibility index (Phi) is 3.14. The van der Waals surface area contributed by atoms with Crippen molar-refractivity contribution in [2.45, 2.75) is 18.9 Å². The number of thiazole rings is 1. The minimum Gasteiger partial charge on any atom is -0.375 e. The van der Waals surface area contributed by atoms with E-state index in [-0.39, 0.29) is 0 Å². The van der Waals surface area contributed by atoms with Gasteiger partial charge in [-0.25, -0.2) is 4.98 Å². The number of nitrogens with zero attached hydrogens (tertiary/aromatic N) is 2. The molecule has 1 aromatic carbocycles. The number of nitrogens with two attached hydrogens (primary N) is 1. The van der Waals surface area contributed by atoms with Crippen LogP contribution in [0.25, 0.3) is 0 Å². The molecule has 1 atom stereocenters. The van der Waals surface area contributed by atoms with Gasteiger partial charge in [-0.2, -0.15) is 0 Å². The van der Waals surface area contributed by atoms with Crippen LogP contribution in [-0.2, 0) is 0 Å². The second-order valence-corrected chi connectivity index (χ2v) is 5.76. The largest absolute Gasteiger partial charge is 0.375 e. The first kappa shape index (κ1) is 11.8. The van der Waals surface area contributed by atoms with E-state index in [2.05, 4.69) is 27.4 Å².